The Morgan fingerprint density at radius 2 is 1.84 bits per heavy atom. The molecule has 1 saturated carbocycles. The monoisotopic (exact) mass is 341 g/mol. The van der Waals surface area contributed by atoms with Crippen molar-refractivity contribution < 1.29 is 9.59 Å². The zero-order valence-corrected chi connectivity index (χ0v) is 14.9. The van der Waals surface area contributed by atoms with E-state index < -0.39 is 0 Å². The Hall–Kier alpha value is -2.14. The maximum absolute atomic E-state index is 12.7. The summed E-state index contributed by atoms with van der Waals surface area (Å²) in [7, 11) is 1.91. The molecule has 0 aromatic heterocycles. The van der Waals surface area contributed by atoms with E-state index in [1.807, 2.05) is 36.2 Å². The van der Waals surface area contributed by atoms with Crippen molar-refractivity contribution in [1.29, 1.82) is 0 Å². The molecule has 3 rings (SSSR count). The van der Waals surface area contributed by atoms with Crippen molar-refractivity contribution in [3.63, 3.8) is 0 Å². The van der Waals surface area contributed by atoms with Gasteiger partial charge in [0.25, 0.3) is 5.91 Å². The average Bonchev–Trinajstić information content (AvgIpc) is 3.50. The highest BCUT2D eigenvalue weighted by Gasteiger charge is 2.33. The molecule has 2 aliphatic rings. The molecule has 5 nitrogen and oxygen atoms in total. The second-order valence-electron chi connectivity index (χ2n) is 7.03. The molecule has 1 N–H and O–H groups in total. The fraction of sp³-hybridized carbons (Fsp3) is 0.500. The van der Waals surface area contributed by atoms with Crippen LogP contribution in [0.15, 0.2) is 36.9 Å². The molecule has 5 heteroatoms. The molecular weight excluding hydrogens is 314 g/mol. The fourth-order valence-corrected chi connectivity index (χ4v) is 3.47. The third kappa shape index (κ3) is 4.48. The summed E-state index contributed by atoms with van der Waals surface area (Å²) in [6, 6.07) is 8.60. The zero-order valence-electron chi connectivity index (χ0n) is 14.9. The van der Waals surface area contributed by atoms with Crippen LogP contribution in [0.5, 0.6) is 0 Å². The molecule has 2 fully saturated rings. The molecule has 0 unspecified atom stereocenters. The first-order valence-corrected chi connectivity index (χ1v) is 9.09. The van der Waals surface area contributed by atoms with E-state index in [4.69, 9.17) is 0 Å². The highest BCUT2D eigenvalue weighted by Crippen LogP contribution is 2.30. The molecule has 0 radical (unpaired) electrons. The minimum Gasteiger partial charge on any atom is -0.348 e. The average molecular weight is 341 g/mol. The van der Waals surface area contributed by atoms with E-state index >= 15 is 0 Å². The van der Waals surface area contributed by atoms with Gasteiger partial charge in [-0.3, -0.25) is 9.59 Å². The first kappa shape index (κ1) is 17.7. The number of hydrogen-bond acceptors (Lipinski definition) is 3. The number of hydrogen-bond donors (Lipinski definition) is 1. The van der Waals surface area contributed by atoms with Crippen molar-refractivity contribution in [3.8, 4) is 0 Å². The molecular formula is C20H27N3O2. The number of carbonyl (C=O) groups is 2. The summed E-state index contributed by atoms with van der Waals surface area (Å²) in [5, 5.41) is 2.73. The third-order valence-corrected chi connectivity index (χ3v) is 5.28. The summed E-state index contributed by atoms with van der Waals surface area (Å²) < 4.78 is 0. The van der Waals surface area contributed by atoms with Crippen molar-refractivity contribution in [2.75, 3.05) is 20.1 Å². The van der Waals surface area contributed by atoms with Crippen molar-refractivity contribution in [2.45, 2.75) is 44.3 Å². The summed E-state index contributed by atoms with van der Waals surface area (Å²) in [6.07, 6.45) is 6.06. The van der Waals surface area contributed by atoms with Crippen molar-refractivity contribution in [1.82, 2.24) is 15.1 Å². The minimum absolute atomic E-state index is 0.0755. The second kappa shape index (κ2) is 7.83. The Bertz CT molecular complexity index is 629. The van der Waals surface area contributed by atoms with Gasteiger partial charge in [-0.1, -0.05) is 18.7 Å². The van der Waals surface area contributed by atoms with E-state index in [1.54, 1.807) is 0 Å². The first-order valence-electron chi connectivity index (χ1n) is 9.09. The van der Waals surface area contributed by atoms with E-state index in [9.17, 15) is 9.59 Å². The van der Waals surface area contributed by atoms with Gasteiger partial charge in [0.1, 0.15) is 0 Å². The predicted octanol–water partition coefficient (Wildman–Crippen LogP) is 2.19. The highest BCUT2D eigenvalue weighted by molar-refractivity contribution is 5.94. The topological polar surface area (TPSA) is 52.7 Å². The number of benzene rings is 1. The lowest BCUT2D eigenvalue weighted by molar-refractivity contribution is -0.116. The van der Waals surface area contributed by atoms with Gasteiger partial charge in [-0.15, -0.1) is 0 Å². The van der Waals surface area contributed by atoms with Crippen LogP contribution in [0.3, 0.4) is 0 Å². The predicted molar refractivity (Wildman–Crippen MR) is 98.2 cm³/mol. The van der Waals surface area contributed by atoms with Gasteiger partial charge in [-0.2, -0.15) is 0 Å². The van der Waals surface area contributed by atoms with Crippen molar-refractivity contribution in [3.05, 3.63) is 48.0 Å². The number of nitrogens with one attached hydrogen (secondary N) is 1. The number of rotatable bonds is 6. The quantitative estimate of drug-likeness (QED) is 0.807. The van der Waals surface area contributed by atoms with Crippen LogP contribution in [0.1, 0.15) is 41.6 Å². The number of likely N-dealkylation sites (tertiary alicyclic amines) is 1. The fourth-order valence-electron chi connectivity index (χ4n) is 3.47. The Morgan fingerprint density at radius 1 is 1.20 bits per heavy atom. The van der Waals surface area contributed by atoms with Gasteiger partial charge in [-0.25, -0.2) is 0 Å². The van der Waals surface area contributed by atoms with E-state index in [2.05, 4.69) is 16.8 Å². The lowest BCUT2D eigenvalue weighted by Gasteiger charge is -2.37. The van der Waals surface area contributed by atoms with Gasteiger partial charge in [0.05, 0.1) is 0 Å². The zero-order chi connectivity index (χ0) is 17.8. The van der Waals surface area contributed by atoms with E-state index in [0.29, 0.717) is 18.2 Å². The summed E-state index contributed by atoms with van der Waals surface area (Å²) in [5.41, 5.74) is 1.66. The Morgan fingerprint density at radius 3 is 2.40 bits per heavy atom. The summed E-state index contributed by atoms with van der Waals surface area (Å²) >= 11 is 0. The third-order valence-electron chi connectivity index (χ3n) is 5.28. The molecule has 1 aromatic carbocycles. The standard InChI is InChI=1S/C20H27N3O2/c1-3-19(24)21-14-15-4-6-16(7-5-15)20(25)22(2)17-10-12-23(13-11-17)18-8-9-18/h3-7,17-18H,1,8-14H2,2H3,(H,21,24). The van der Waals surface area contributed by atoms with Crippen molar-refractivity contribution >= 4 is 11.8 Å². The van der Waals surface area contributed by atoms with E-state index in [-0.39, 0.29) is 11.8 Å². The van der Waals surface area contributed by atoms with Gasteiger partial charge in [0.15, 0.2) is 0 Å². The molecule has 134 valence electrons. The Labute approximate surface area is 149 Å². The number of piperidine rings is 1. The van der Waals surface area contributed by atoms with Gasteiger partial charge in [0.2, 0.25) is 5.91 Å². The van der Waals surface area contributed by atoms with Crippen LogP contribution in [-0.4, -0.2) is 53.8 Å². The molecule has 0 spiro atoms. The maximum atomic E-state index is 12.7. The molecule has 0 bridgehead atoms. The van der Waals surface area contributed by atoms with Crippen LogP contribution in [0, 0.1) is 0 Å². The number of amides is 2. The normalized spacial score (nSPS) is 18.6. The number of carbonyl (C=O) groups excluding carboxylic acids is 2. The molecule has 1 heterocycles. The van der Waals surface area contributed by atoms with Gasteiger partial charge in [0, 0.05) is 44.3 Å². The molecule has 1 aliphatic heterocycles. The second-order valence-corrected chi connectivity index (χ2v) is 7.03. The van der Waals surface area contributed by atoms with Gasteiger partial charge in [-0.05, 0) is 49.5 Å². The van der Waals surface area contributed by atoms with Crippen LogP contribution < -0.4 is 5.32 Å². The largest absolute Gasteiger partial charge is 0.348 e. The maximum Gasteiger partial charge on any atom is 0.253 e. The van der Waals surface area contributed by atoms with Gasteiger partial charge >= 0.3 is 0 Å². The minimum atomic E-state index is -0.197. The molecule has 2 amide bonds. The van der Waals surface area contributed by atoms with Gasteiger partial charge < -0.3 is 15.1 Å². The van der Waals surface area contributed by atoms with Crippen LogP contribution >= 0.6 is 0 Å². The molecule has 0 atom stereocenters. The lowest BCUT2D eigenvalue weighted by Crippen LogP contribution is -2.46. The lowest BCUT2D eigenvalue weighted by atomic mass is 10.0. The Balaban J connectivity index is 1.53. The highest BCUT2D eigenvalue weighted by atomic mass is 16.2. The van der Waals surface area contributed by atoms with Crippen LogP contribution in [0.4, 0.5) is 0 Å². The summed E-state index contributed by atoms with van der Waals surface area (Å²) in [4.78, 5) is 28.4. The SMILES string of the molecule is C=CC(=O)NCc1ccc(C(=O)N(C)C2CCN(C3CC3)CC2)cc1. The summed E-state index contributed by atoms with van der Waals surface area (Å²) in [5.74, 6) is -0.121. The number of nitrogens with zero attached hydrogens (tertiary/aromatic N) is 2. The molecule has 1 aromatic rings. The molecule has 25 heavy (non-hydrogen) atoms. The molecule has 1 saturated heterocycles. The van der Waals surface area contributed by atoms with Crippen LogP contribution in [-0.2, 0) is 11.3 Å². The first-order chi connectivity index (χ1) is 12.1. The van der Waals surface area contributed by atoms with E-state index in [1.165, 1.54) is 18.9 Å². The van der Waals surface area contributed by atoms with Crippen molar-refractivity contribution in [2.24, 2.45) is 0 Å². The van der Waals surface area contributed by atoms with Crippen LogP contribution in [0.25, 0.3) is 0 Å². The Kier molecular flexibility index (Phi) is 5.53. The van der Waals surface area contributed by atoms with E-state index in [0.717, 1.165) is 37.5 Å². The summed E-state index contributed by atoms with van der Waals surface area (Å²) in [6.45, 7) is 6.08. The van der Waals surface area contributed by atoms with Crippen LogP contribution in [0.2, 0.25) is 0 Å². The smallest absolute Gasteiger partial charge is 0.253 e. The molecule has 1 aliphatic carbocycles.